The molecule has 2 N–H and O–H groups in total. The third-order valence-corrected chi connectivity index (χ3v) is 5.01. The van der Waals surface area contributed by atoms with Crippen LogP contribution in [0.2, 0.25) is 0 Å². The fourth-order valence-electron chi connectivity index (χ4n) is 3.98. The Morgan fingerprint density at radius 1 is 1.27 bits per heavy atom. The minimum Gasteiger partial charge on any atom is -0.503 e. The van der Waals surface area contributed by atoms with E-state index in [1.807, 2.05) is 0 Å². The molecule has 3 heterocycles. The van der Waals surface area contributed by atoms with Crippen molar-refractivity contribution in [2.75, 3.05) is 4.90 Å². The number of aliphatic hydroxyl groups is 1. The number of Topliss-reactive ketones (excluding diaryl/α,β-unsaturated/α-hetero) is 1. The number of aliphatic hydroxyl groups excluding tert-OH is 1. The zero-order chi connectivity index (χ0) is 18.2. The molecule has 6 nitrogen and oxygen atoms in total. The van der Waals surface area contributed by atoms with Crippen LogP contribution in [0, 0.1) is 5.82 Å². The number of carbonyl (C=O) groups excluding carboxylic acids is 2. The van der Waals surface area contributed by atoms with Gasteiger partial charge in [-0.3, -0.25) is 14.5 Å². The number of benzene rings is 2. The number of aromatic nitrogens is 2. The number of carbonyl (C=O) groups is 2. The SMILES string of the molecule is CC(=O)C1=C(O)C(=O)N2c3ccc4[nH]cnc4c3-c3c(F)cccc3C12. The second-order valence-electron chi connectivity index (χ2n) is 6.36. The summed E-state index contributed by atoms with van der Waals surface area (Å²) < 4.78 is 14.9. The van der Waals surface area contributed by atoms with E-state index in [4.69, 9.17) is 0 Å². The van der Waals surface area contributed by atoms with E-state index in [1.54, 1.807) is 18.2 Å². The molecule has 0 saturated heterocycles. The second kappa shape index (κ2) is 4.78. The van der Waals surface area contributed by atoms with Gasteiger partial charge in [-0.2, -0.15) is 0 Å². The first kappa shape index (κ1) is 14.8. The smallest absolute Gasteiger partial charge is 0.294 e. The van der Waals surface area contributed by atoms with E-state index in [2.05, 4.69) is 9.97 Å². The lowest BCUT2D eigenvalue weighted by Crippen LogP contribution is -2.34. The Kier molecular flexibility index (Phi) is 2.73. The number of anilines is 1. The first-order valence-electron chi connectivity index (χ1n) is 8.03. The molecular formula is C19H12FN3O3. The third kappa shape index (κ3) is 1.62. The fourth-order valence-corrected chi connectivity index (χ4v) is 3.98. The van der Waals surface area contributed by atoms with Crippen molar-refractivity contribution in [2.45, 2.75) is 13.0 Å². The van der Waals surface area contributed by atoms with Gasteiger partial charge in [-0.05, 0) is 30.7 Å². The summed E-state index contributed by atoms with van der Waals surface area (Å²) in [6, 6.07) is 7.08. The van der Waals surface area contributed by atoms with E-state index < -0.39 is 29.3 Å². The predicted octanol–water partition coefficient (Wildman–Crippen LogP) is 3.17. The van der Waals surface area contributed by atoms with Crippen LogP contribution >= 0.6 is 0 Å². The Labute approximate surface area is 146 Å². The van der Waals surface area contributed by atoms with E-state index in [0.717, 1.165) is 0 Å². The minimum absolute atomic E-state index is 0.0189. The first-order chi connectivity index (χ1) is 12.5. The fraction of sp³-hybridized carbons (Fsp3) is 0.105. The van der Waals surface area contributed by atoms with E-state index in [1.165, 1.54) is 30.3 Å². The predicted molar refractivity (Wildman–Crippen MR) is 92.1 cm³/mol. The molecule has 2 aliphatic rings. The van der Waals surface area contributed by atoms with Crippen molar-refractivity contribution in [3.63, 3.8) is 0 Å². The zero-order valence-electron chi connectivity index (χ0n) is 13.6. The molecule has 0 radical (unpaired) electrons. The van der Waals surface area contributed by atoms with Crippen molar-refractivity contribution in [3.05, 3.63) is 59.4 Å². The van der Waals surface area contributed by atoms with Crippen LogP contribution in [0.1, 0.15) is 18.5 Å². The summed E-state index contributed by atoms with van der Waals surface area (Å²) in [5.74, 6) is -2.16. The molecular weight excluding hydrogens is 337 g/mol. The number of halogens is 1. The number of hydrogen-bond donors (Lipinski definition) is 2. The molecule has 0 fully saturated rings. The van der Waals surface area contributed by atoms with E-state index in [-0.39, 0.29) is 5.57 Å². The minimum atomic E-state index is -0.852. The average molecular weight is 349 g/mol. The molecule has 1 unspecified atom stereocenters. The van der Waals surface area contributed by atoms with Gasteiger partial charge in [0.2, 0.25) is 0 Å². The molecule has 1 amide bonds. The molecule has 26 heavy (non-hydrogen) atoms. The van der Waals surface area contributed by atoms with E-state index in [9.17, 15) is 19.1 Å². The summed E-state index contributed by atoms with van der Waals surface area (Å²) in [7, 11) is 0. The Hall–Kier alpha value is -3.48. The van der Waals surface area contributed by atoms with Gasteiger partial charge in [0, 0.05) is 11.1 Å². The highest BCUT2D eigenvalue weighted by Gasteiger charge is 2.48. The maximum Gasteiger partial charge on any atom is 0.294 e. The van der Waals surface area contributed by atoms with Crippen LogP contribution in [-0.2, 0) is 9.59 Å². The molecule has 2 aliphatic heterocycles. The van der Waals surface area contributed by atoms with Gasteiger partial charge < -0.3 is 10.1 Å². The van der Waals surface area contributed by atoms with Crippen LogP contribution in [-0.4, -0.2) is 26.8 Å². The van der Waals surface area contributed by atoms with Crippen LogP contribution in [0.15, 0.2) is 48.0 Å². The van der Waals surface area contributed by atoms with Gasteiger partial charge in [-0.1, -0.05) is 12.1 Å². The largest absolute Gasteiger partial charge is 0.503 e. The molecule has 7 heteroatoms. The average Bonchev–Trinajstić information content (AvgIpc) is 3.18. The van der Waals surface area contributed by atoms with E-state index >= 15 is 0 Å². The lowest BCUT2D eigenvalue weighted by molar-refractivity contribution is -0.117. The molecule has 0 aliphatic carbocycles. The molecule has 5 rings (SSSR count). The van der Waals surface area contributed by atoms with Gasteiger partial charge in [0.25, 0.3) is 5.91 Å². The summed E-state index contributed by atoms with van der Waals surface area (Å²) in [6.45, 7) is 1.29. The molecule has 0 bridgehead atoms. The number of imidazole rings is 1. The first-order valence-corrected chi connectivity index (χ1v) is 8.03. The number of hydrogen-bond acceptors (Lipinski definition) is 4. The summed E-state index contributed by atoms with van der Waals surface area (Å²) >= 11 is 0. The van der Waals surface area contributed by atoms with Crippen molar-refractivity contribution in [1.82, 2.24) is 9.97 Å². The lowest BCUT2D eigenvalue weighted by atomic mass is 9.84. The number of ketones is 1. The van der Waals surface area contributed by atoms with Crippen molar-refractivity contribution < 1.29 is 19.1 Å². The van der Waals surface area contributed by atoms with Crippen molar-refractivity contribution >= 4 is 28.4 Å². The number of fused-ring (bicyclic) bond motifs is 8. The topological polar surface area (TPSA) is 86.3 Å². The molecule has 0 spiro atoms. The van der Waals surface area contributed by atoms with Crippen molar-refractivity contribution in [1.29, 1.82) is 0 Å². The summed E-state index contributed by atoms with van der Waals surface area (Å²) in [5.41, 5.74) is 2.84. The highest BCUT2D eigenvalue weighted by Crippen LogP contribution is 2.53. The van der Waals surface area contributed by atoms with Crippen molar-refractivity contribution in [2.24, 2.45) is 0 Å². The normalized spacial score (nSPS) is 18.2. The second-order valence-corrected chi connectivity index (χ2v) is 6.36. The zero-order valence-corrected chi connectivity index (χ0v) is 13.6. The molecule has 3 aromatic rings. The van der Waals surface area contributed by atoms with Gasteiger partial charge >= 0.3 is 0 Å². The Morgan fingerprint density at radius 3 is 2.85 bits per heavy atom. The standard InChI is InChI=1S/C19H12FN3O3/c1-8(24)13-17-9-3-2-4-10(20)14(9)15-12(23(17)19(26)18(13)25)6-5-11-16(15)22-7-21-11/h2-7,17,25H,1H3,(H,21,22). The Bertz CT molecular complexity index is 1180. The van der Waals surface area contributed by atoms with Crippen LogP contribution in [0.25, 0.3) is 22.2 Å². The molecule has 2 aromatic carbocycles. The van der Waals surface area contributed by atoms with Crippen molar-refractivity contribution in [3.8, 4) is 11.1 Å². The van der Waals surface area contributed by atoms with Crippen LogP contribution in [0.3, 0.4) is 0 Å². The highest BCUT2D eigenvalue weighted by molar-refractivity contribution is 6.20. The van der Waals surface area contributed by atoms with Gasteiger partial charge in [0.05, 0.1) is 34.7 Å². The lowest BCUT2D eigenvalue weighted by Gasteiger charge is -2.34. The van der Waals surface area contributed by atoms with Gasteiger partial charge in [0.1, 0.15) is 5.82 Å². The third-order valence-electron chi connectivity index (χ3n) is 5.01. The number of aromatic amines is 1. The quantitative estimate of drug-likeness (QED) is 0.706. The van der Waals surface area contributed by atoms with E-state index in [0.29, 0.717) is 33.4 Å². The van der Waals surface area contributed by atoms with Gasteiger partial charge in [0.15, 0.2) is 11.5 Å². The number of nitrogens with one attached hydrogen (secondary N) is 1. The molecule has 1 atom stereocenters. The summed E-state index contributed by atoms with van der Waals surface area (Å²) in [4.78, 5) is 33.5. The monoisotopic (exact) mass is 349 g/mol. The number of rotatable bonds is 1. The number of H-pyrrole nitrogens is 1. The van der Waals surface area contributed by atoms with Gasteiger partial charge in [-0.25, -0.2) is 9.37 Å². The van der Waals surface area contributed by atoms with Crippen LogP contribution in [0.4, 0.5) is 10.1 Å². The van der Waals surface area contributed by atoms with Gasteiger partial charge in [-0.15, -0.1) is 0 Å². The number of amides is 1. The summed E-state index contributed by atoms with van der Waals surface area (Å²) in [5, 5.41) is 10.3. The maximum absolute atomic E-state index is 14.9. The summed E-state index contributed by atoms with van der Waals surface area (Å²) in [6.07, 6.45) is 1.50. The molecule has 1 aromatic heterocycles. The number of nitrogens with zero attached hydrogens (tertiary/aromatic N) is 2. The Balaban J connectivity index is 1.95. The maximum atomic E-state index is 14.9. The van der Waals surface area contributed by atoms with Crippen LogP contribution < -0.4 is 4.90 Å². The Morgan fingerprint density at radius 2 is 2.08 bits per heavy atom. The molecule has 0 saturated carbocycles. The molecule has 128 valence electrons. The van der Waals surface area contributed by atoms with Crippen LogP contribution in [0.5, 0.6) is 0 Å². The highest BCUT2D eigenvalue weighted by atomic mass is 19.1.